The number of nitrogens with one attached hydrogen (secondary N) is 1. The second kappa shape index (κ2) is 8.67. The van der Waals surface area contributed by atoms with Gasteiger partial charge in [0.1, 0.15) is 0 Å². The van der Waals surface area contributed by atoms with Crippen LogP contribution in [0.2, 0.25) is 0 Å². The number of nitrogens with zero attached hydrogens (tertiary/aromatic N) is 3. The Kier molecular flexibility index (Phi) is 5.84. The summed E-state index contributed by atoms with van der Waals surface area (Å²) in [5.41, 5.74) is 2.01. The van der Waals surface area contributed by atoms with Gasteiger partial charge in [0.05, 0.1) is 18.7 Å². The van der Waals surface area contributed by atoms with E-state index in [1.54, 1.807) is 0 Å². The Morgan fingerprint density at radius 3 is 2.96 bits per heavy atom. The Morgan fingerprint density at radius 1 is 1.22 bits per heavy atom. The lowest BCUT2D eigenvalue weighted by atomic mass is 9.97. The number of rotatable bonds is 4. The van der Waals surface area contributed by atoms with E-state index in [1.165, 1.54) is 6.42 Å². The third kappa shape index (κ3) is 4.76. The number of carbonyl (C=O) groups excluding carboxylic acids is 1. The Hall–Kier alpha value is -2.18. The van der Waals surface area contributed by atoms with Gasteiger partial charge in [-0.2, -0.15) is 0 Å². The van der Waals surface area contributed by atoms with Crippen molar-refractivity contribution in [1.29, 1.82) is 0 Å². The monoisotopic (exact) mass is 368 g/mol. The average Bonchev–Trinajstić information content (AvgIpc) is 2.73. The zero-order valence-electron chi connectivity index (χ0n) is 15.8. The van der Waals surface area contributed by atoms with E-state index in [-0.39, 0.29) is 6.03 Å². The molecular weight excluding hydrogens is 340 g/mol. The molecule has 0 radical (unpaired) electrons. The third-order valence-electron chi connectivity index (χ3n) is 5.52. The maximum atomic E-state index is 12.6. The molecule has 1 atom stereocenters. The van der Waals surface area contributed by atoms with Crippen LogP contribution in [-0.4, -0.2) is 66.8 Å². The summed E-state index contributed by atoms with van der Waals surface area (Å²) in [5.74, 6) is 0.560. The van der Waals surface area contributed by atoms with E-state index in [4.69, 9.17) is 4.74 Å². The van der Waals surface area contributed by atoms with Gasteiger partial charge < -0.3 is 15.0 Å². The van der Waals surface area contributed by atoms with Crippen LogP contribution in [0.4, 0.5) is 4.79 Å². The summed E-state index contributed by atoms with van der Waals surface area (Å²) in [4.78, 5) is 21.5. The number of likely N-dealkylation sites (tertiary alicyclic amines) is 1. The predicted molar refractivity (Wildman–Crippen MR) is 106 cm³/mol. The second-order valence-electron chi connectivity index (χ2n) is 7.56. The largest absolute Gasteiger partial charge is 0.379 e. The molecule has 2 aromatic rings. The molecule has 2 fully saturated rings. The first-order valence-corrected chi connectivity index (χ1v) is 9.94. The van der Waals surface area contributed by atoms with E-state index >= 15 is 0 Å². The maximum Gasteiger partial charge on any atom is 0.317 e. The number of urea groups is 1. The van der Waals surface area contributed by atoms with Crippen LogP contribution < -0.4 is 5.32 Å². The molecule has 0 aliphatic carbocycles. The maximum absolute atomic E-state index is 12.6. The van der Waals surface area contributed by atoms with Crippen molar-refractivity contribution in [2.24, 2.45) is 5.92 Å². The van der Waals surface area contributed by atoms with Crippen LogP contribution >= 0.6 is 0 Å². The number of amides is 2. The fourth-order valence-corrected chi connectivity index (χ4v) is 4.05. The number of fused-ring (bicyclic) bond motifs is 1. The molecule has 2 saturated heterocycles. The van der Waals surface area contributed by atoms with Crippen molar-refractivity contribution in [3.05, 3.63) is 42.1 Å². The van der Waals surface area contributed by atoms with Crippen LogP contribution in [0.25, 0.3) is 10.9 Å². The van der Waals surface area contributed by atoms with Gasteiger partial charge >= 0.3 is 6.03 Å². The minimum atomic E-state index is 0.0369. The average molecular weight is 368 g/mol. The second-order valence-corrected chi connectivity index (χ2v) is 7.56. The molecule has 144 valence electrons. The number of ether oxygens (including phenoxy) is 1. The van der Waals surface area contributed by atoms with E-state index in [0.29, 0.717) is 12.5 Å². The van der Waals surface area contributed by atoms with Gasteiger partial charge in [0, 0.05) is 50.9 Å². The third-order valence-corrected chi connectivity index (χ3v) is 5.52. The Balaban J connectivity index is 1.29. The molecule has 2 aliphatic heterocycles. The summed E-state index contributed by atoms with van der Waals surface area (Å²) < 4.78 is 5.43. The molecule has 0 saturated carbocycles. The molecule has 6 nitrogen and oxygen atoms in total. The number of benzene rings is 1. The molecule has 1 N–H and O–H groups in total. The summed E-state index contributed by atoms with van der Waals surface area (Å²) >= 11 is 0. The molecular formula is C21H28N4O2. The van der Waals surface area contributed by atoms with Crippen molar-refractivity contribution >= 4 is 16.9 Å². The molecule has 0 bridgehead atoms. The lowest BCUT2D eigenvalue weighted by molar-refractivity contribution is 0.0249. The van der Waals surface area contributed by atoms with Crippen molar-refractivity contribution in [3.63, 3.8) is 0 Å². The molecule has 1 aromatic heterocycles. The van der Waals surface area contributed by atoms with Gasteiger partial charge in [-0.1, -0.05) is 18.2 Å². The van der Waals surface area contributed by atoms with Crippen molar-refractivity contribution in [2.75, 3.05) is 45.9 Å². The molecule has 0 unspecified atom stereocenters. The Morgan fingerprint density at radius 2 is 2.07 bits per heavy atom. The molecule has 6 heteroatoms. The molecule has 3 heterocycles. The van der Waals surface area contributed by atoms with Gasteiger partial charge in [0.25, 0.3) is 0 Å². The molecule has 2 aliphatic rings. The van der Waals surface area contributed by atoms with Crippen LogP contribution in [0, 0.1) is 5.92 Å². The van der Waals surface area contributed by atoms with Crippen molar-refractivity contribution in [2.45, 2.75) is 19.4 Å². The highest BCUT2D eigenvalue weighted by Gasteiger charge is 2.25. The van der Waals surface area contributed by atoms with Gasteiger partial charge in [0.2, 0.25) is 0 Å². The van der Waals surface area contributed by atoms with Gasteiger partial charge in [-0.3, -0.25) is 9.88 Å². The Bertz CT molecular complexity index is 776. The van der Waals surface area contributed by atoms with Crippen LogP contribution in [0.3, 0.4) is 0 Å². The molecule has 0 spiro atoms. The highest BCUT2D eigenvalue weighted by atomic mass is 16.5. The zero-order valence-corrected chi connectivity index (χ0v) is 15.8. The Labute approximate surface area is 160 Å². The molecule has 4 rings (SSSR count). The van der Waals surface area contributed by atoms with E-state index in [0.717, 1.165) is 68.8 Å². The predicted octanol–water partition coefficient (Wildman–Crippen LogP) is 2.49. The van der Waals surface area contributed by atoms with E-state index in [2.05, 4.69) is 27.3 Å². The summed E-state index contributed by atoms with van der Waals surface area (Å²) in [6, 6.07) is 10.2. The zero-order chi connectivity index (χ0) is 18.5. The van der Waals surface area contributed by atoms with Crippen LogP contribution in [0.1, 0.15) is 18.4 Å². The highest BCUT2D eigenvalue weighted by molar-refractivity contribution is 5.79. The standard InChI is InChI=1S/C21H28N4O2/c26-21(23-14-18-12-19-5-1-2-6-20(19)22-13-18)25-7-3-4-17(16-25)15-24-8-10-27-11-9-24/h1-2,5-6,12-13,17H,3-4,7-11,14-16H2,(H,23,26)/t17-/m0/s1. The number of hydrogen-bond acceptors (Lipinski definition) is 4. The van der Waals surface area contributed by atoms with Crippen LogP contribution in [0.5, 0.6) is 0 Å². The normalized spacial score (nSPS) is 21.3. The van der Waals surface area contributed by atoms with Gasteiger partial charge in [-0.15, -0.1) is 0 Å². The molecule has 27 heavy (non-hydrogen) atoms. The number of piperidine rings is 1. The minimum absolute atomic E-state index is 0.0369. The summed E-state index contributed by atoms with van der Waals surface area (Å²) in [6.45, 7) is 6.96. The number of pyridine rings is 1. The van der Waals surface area contributed by atoms with Gasteiger partial charge in [0.15, 0.2) is 0 Å². The molecule has 2 amide bonds. The van der Waals surface area contributed by atoms with E-state index < -0.39 is 0 Å². The lowest BCUT2D eigenvalue weighted by Crippen LogP contribution is -2.48. The number of carbonyl (C=O) groups is 1. The van der Waals surface area contributed by atoms with Crippen molar-refractivity contribution in [3.8, 4) is 0 Å². The first-order chi connectivity index (χ1) is 13.3. The first-order valence-electron chi connectivity index (χ1n) is 9.94. The van der Waals surface area contributed by atoms with E-state index in [9.17, 15) is 4.79 Å². The number of hydrogen-bond donors (Lipinski definition) is 1. The van der Waals surface area contributed by atoms with Gasteiger partial charge in [-0.25, -0.2) is 4.79 Å². The van der Waals surface area contributed by atoms with E-state index in [1.807, 2.05) is 29.3 Å². The fourth-order valence-electron chi connectivity index (χ4n) is 4.05. The van der Waals surface area contributed by atoms with Crippen LogP contribution in [0.15, 0.2) is 36.5 Å². The number of para-hydroxylation sites is 1. The quantitative estimate of drug-likeness (QED) is 0.901. The molecule has 1 aromatic carbocycles. The summed E-state index contributed by atoms with van der Waals surface area (Å²) in [5, 5.41) is 4.18. The lowest BCUT2D eigenvalue weighted by Gasteiger charge is -2.36. The summed E-state index contributed by atoms with van der Waals surface area (Å²) in [7, 11) is 0. The minimum Gasteiger partial charge on any atom is -0.379 e. The van der Waals surface area contributed by atoms with Gasteiger partial charge in [-0.05, 0) is 36.5 Å². The number of aromatic nitrogens is 1. The summed E-state index contributed by atoms with van der Waals surface area (Å²) in [6.07, 6.45) is 4.13. The van der Waals surface area contributed by atoms with Crippen molar-refractivity contribution < 1.29 is 9.53 Å². The van der Waals surface area contributed by atoms with Crippen LogP contribution in [-0.2, 0) is 11.3 Å². The fraction of sp³-hybridized carbons (Fsp3) is 0.524. The van der Waals surface area contributed by atoms with Crippen molar-refractivity contribution in [1.82, 2.24) is 20.1 Å². The highest BCUT2D eigenvalue weighted by Crippen LogP contribution is 2.19. The smallest absolute Gasteiger partial charge is 0.317 e. The topological polar surface area (TPSA) is 57.7 Å². The first kappa shape index (κ1) is 18.2. The number of morpholine rings is 1. The SMILES string of the molecule is O=C(NCc1cnc2ccccc2c1)N1CCC[C@@H](CN2CCOCC2)C1.